The average molecular weight is 594 g/mol. The number of aliphatic hydroxyl groups is 1. The molecule has 41 heavy (non-hydrogen) atoms. The first kappa shape index (κ1) is 29.4. The summed E-state index contributed by atoms with van der Waals surface area (Å²) in [7, 11) is -1.88. The summed E-state index contributed by atoms with van der Waals surface area (Å²) in [6.45, 7) is 5.74. The van der Waals surface area contributed by atoms with Crippen molar-refractivity contribution in [3.05, 3.63) is 64.1 Å². The van der Waals surface area contributed by atoms with E-state index in [9.17, 15) is 13.5 Å². The Bertz CT molecular complexity index is 1600. The quantitative estimate of drug-likeness (QED) is 0.381. The van der Waals surface area contributed by atoms with Crippen molar-refractivity contribution in [1.82, 2.24) is 9.88 Å². The molecule has 1 saturated heterocycles. The van der Waals surface area contributed by atoms with Crippen LogP contribution in [-0.4, -0.2) is 73.8 Å². The maximum absolute atomic E-state index is 12.8. The lowest BCUT2D eigenvalue weighted by Gasteiger charge is -2.29. The van der Waals surface area contributed by atoms with Crippen molar-refractivity contribution < 1.29 is 18.3 Å². The van der Waals surface area contributed by atoms with Gasteiger partial charge in [-0.1, -0.05) is 23.0 Å². The Kier molecular flexibility index (Phi) is 9.19. The van der Waals surface area contributed by atoms with Gasteiger partial charge >= 0.3 is 6.07 Å². The van der Waals surface area contributed by atoms with Gasteiger partial charge in [0, 0.05) is 37.0 Å². The second-order valence-corrected chi connectivity index (χ2v) is 13.7. The van der Waals surface area contributed by atoms with Crippen molar-refractivity contribution in [3.63, 3.8) is 0 Å². The van der Waals surface area contributed by atoms with E-state index in [0.29, 0.717) is 31.6 Å². The molecule has 1 aromatic heterocycles. The van der Waals surface area contributed by atoms with Crippen molar-refractivity contribution in [2.24, 2.45) is 4.40 Å². The Balaban J connectivity index is 1.32. The highest BCUT2D eigenvalue weighted by Gasteiger charge is 2.23. The summed E-state index contributed by atoms with van der Waals surface area (Å²) in [5.74, 6) is 0.724. The second-order valence-electron chi connectivity index (χ2n) is 10.9. The maximum atomic E-state index is 12.8. The van der Waals surface area contributed by atoms with Gasteiger partial charge in [-0.15, -0.1) is 11.3 Å². The molecule has 2 aliphatic rings. The van der Waals surface area contributed by atoms with Crippen LogP contribution in [0.1, 0.15) is 49.8 Å². The number of β-amino-alcohol motifs (C(OH)–C–C–N with tert-alkyl or cyclic N) is 1. The number of piperidine rings is 1. The predicted molar refractivity (Wildman–Crippen MR) is 166 cm³/mol. The van der Waals surface area contributed by atoms with Crippen molar-refractivity contribution in [2.75, 3.05) is 32.4 Å². The molecule has 3 aromatic rings. The molecular formula is C31H37N4O4S2+. The minimum Gasteiger partial charge on any atom is -0.489 e. The van der Waals surface area contributed by atoms with Crippen LogP contribution in [0.25, 0.3) is 25.9 Å². The van der Waals surface area contributed by atoms with Gasteiger partial charge in [-0.2, -0.15) is 4.40 Å². The van der Waals surface area contributed by atoms with Gasteiger partial charge in [0.15, 0.2) is 0 Å². The molecule has 2 aromatic carbocycles. The highest BCUT2D eigenvalue weighted by atomic mass is 32.2. The Morgan fingerprint density at radius 1 is 1.27 bits per heavy atom. The molecule has 1 unspecified atom stereocenters. The van der Waals surface area contributed by atoms with Crippen LogP contribution >= 0.6 is 11.3 Å². The van der Waals surface area contributed by atoms with Gasteiger partial charge in [0.1, 0.15) is 16.3 Å². The third-order valence-corrected chi connectivity index (χ3v) is 9.65. The van der Waals surface area contributed by atoms with E-state index >= 15 is 0 Å². The van der Waals surface area contributed by atoms with E-state index in [1.807, 2.05) is 49.2 Å². The van der Waals surface area contributed by atoms with Crippen LogP contribution in [0, 0.1) is 6.07 Å². The summed E-state index contributed by atoms with van der Waals surface area (Å²) < 4.78 is 35.7. The molecular weight excluding hydrogens is 556 g/mol. The minimum atomic E-state index is -3.57. The second kappa shape index (κ2) is 12.8. The van der Waals surface area contributed by atoms with Crippen LogP contribution in [0.5, 0.6) is 5.75 Å². The van der Waals surface area contributed by atoms with Crippen molar-refractivity contribution in [1.29, 1.82) is 0 Å². The lowest BCUT2D eigenvalue weighted by molar-refractivity contribution is 0.0741. The van der Waals surface area contributed by atoms with Crippen LogP contribution in [0.2, 0.25) is 0 Å². The Labute approximate surface area is 246 Å². The zero-order valence-corrected chi connectivity index (χ0v) is 25.5. The van der Waals surface area contributed by atoms with E-state index in [1.165, 1.54) is 5.56 Å². The highest BCUT2D eigenvalue weighted by Crippen LogP contribution is 2.38. The molecule has 1 fully saturated rings. The van der Waals surface area contributed by atoms with Gasteiger partial charge in [-0.3, -0.25) is 4.90 Å². The zero-order valence-electron chi connectivity index (χ0n) is 23.8. The van der Waals surface area contributed by atoms with Gasteiger partial charge < -0.3 is 9.84 Å². The van der Waals surface area contributed by atoms with E-state index in [2.05, 4.69) is 27.4 Å². The average Bonchev–Trinajstić information content (AvgIpc) is 3.42. The van der Waals surface area contributed by atoms with Gasteiger partial charge in [0.25, 0.3) is 17.1 Å². The number of fused-ring (bicyclic) bond motifs is 1. The molecule has 0 saturated carbocycles. The molecule has 1 N–H and O–H groups in total. The lowest BCUT2D eigenvalue weighted by atomic mass is 9.87. The smallest absolute Gasteiger partial charge is 0.314 e. The molecule has 1 atom stereocenters. The first-order valence-corrected chi connectivity index (χ1v) is 16.6. The SMILES string of the molecule is C[N+]#Cc1cc(-c2ncc(-c3cccc4c3CCC(=NS(=O)(=O)CCN3CCCC(O)C3)C4)s2)ccc1OC(C)C. The first-order chi connectivity index (χ1) is 19.7. The monoisotopic (exact) mass is 593 g/mol. The lowest BCUT2D eigenvalue weighted by Crippen LogP contribution is -2.40. The fraction of sp³-hybridized carbons (Fsp3) is 0.452. The molecule has 0 radical (unpaired) electrons. The molecule has 0 amide bonds. The summed E-state index contributed by atoms with van der Waals surface area (Å²) in [6, 6.07) is 15.2. The van der Waals surface area contributed by atoms with E-state index in [1.54, 1.807) is 18.4 Å². The number of likely N-dealkylation sites (tertiary alicyclic amines) is 1. The number of hydrogen-bond donors (Lipinski definition) is 1. The van der Waals surface area contributed by atoms with Gasteiger partial charge in [0.05, 0.1) is 22.8 Å². The summed E-state index contributed by atoms with van der Waals surface area (Å²) in [4.78, 5) is 11.9. The molecule has 2 heterocycles. The topological polar surface area (TPSA) is 96.5 Å². The number of rotatable bonds is 8. The van der Waals surface area contributed by atoms with Gasteiger partial charge in [-0.05, 0) is 81.0 Å². The Hall–Kier alpha value is -3.10. The number of nitrogens with zero attached hydrogens (tertiary/aromatic N) is 4. The number of benzene rings is 2. The number of aromatic nitrogens is 1. The number of sulfonamides is 1. The number of aliphatic hydroxyl groups excluding tert-OH is 1. The normalized spacial score (nSPS) is 18.7. The van der Waals surface area contributed by atoms with Crippen LogP contribution in [0.3, 0.4) is 0 Å². The molecule has 8 nitrogen and oxygen atoms in total. The molecule has 0 bridgehead atoms. The number of thiazole rings is 1. The summed E-state index contributed by atoms with van der Waals surface area (Å²) >= 11 is 1.63. The van der Waals surface area contributed by atoms with Crippen LogP contribution in [0.4, 0.5) is 0 Å². The third kappa shape index (κ3) is 7.41. The van der Waals surface area contributed by atoms with E-state index < -0.39 is 10.0 Å². The number of hydrogen-bond acceptors (Lipinski definition) is 7. The first-order valence-electron chi connectivity index (χ1n) is 14.1. The molecule has 0 spiro atoms. The fourth-order valence-electron chi connectivity index (χ4n) is 5.46. The molecule has 10 heteroatoms. The van der Waals surface area contributed by atoms with Crippen molar-refractivity contribution >= 4 is 27.1 Å². The van der Waals surface area contributed by atoms with Gasteiger partial charge in [-0.25, -0.2) is 13.4 Å². The minimum absolute atomic E-state index is 0.0199. The van der Waals surface area contributed by atoms with Crippen LogP contribution in [-0.2, 0) is 22.9 Å². The van der Waals surface area contributed by atoms with Crippen LogP contribution < -0.4 is 4.74 Å². The standard InChI is InChI=1S/C31H37N4O4S2/c1-21(2)39-29-12-9-23(16-24(29)18-32-3)31-33-19-30(40-31)28-8-4-6-22-17-25(10-11-27(22)28)34-41(37,38)15-14-35-13-5-7-26(36)20-35/h4,6,8-9,12,16,19,21,26,36H,5,7,10-11,13-15,17,20H2,1-3H3/q+1. The molecule has 1 aliphatic heterocycles. The summed E-state index contributed by atoms with van der Waals surface area (Å²) in [6.07, 6.45) is 5.15. The third-order valence-electron chi connectivity index (χ3n) is 7.34. The largest absolute Gasteiger partial charge is 0.489 e. The molecule has 5 rings (SSSR count). The van der Waals surface area contributed by atoms with E-state index in [4.69, 9.17) is 9.72 Å². The van der Waals surface area contributed by atoms with Crippen molar-refractivity contribution in [3.8, 4) is 32.8 Å². The Morgan fingerprint density at radius 3 is 2.90 bits per heavy atom. The van der Waals surface area contributed by atoms with E-state index in [0.717, 1.165) is 63.7 Å². The summed E-state index contributed by atoms with van der Waals surface area (Å²) in [5.41, 5.74) is 5.97. The Morgan fingerprint density at radius 2 is 2.12 bits per heavy atom. The van der Waals surface area contributed by atoms with Crippen LogP contribution in [0.15, 0.2) is 47.0 Å². The molecule has 216 valence electrons. The molecule has 1 aliphatic carbocycles. The zero-order chi connectivity index (χ0) is 29.0. The summed E-state index contributed by atoms with van der Waals surface area (Å²) in [5, 5.41) is 10.8. The van der Waals surface area contributed by atoms with E-state index in [-0.39, 0.29) is 18.0 Å². The maximum Gasteiger partial charge on any atom is 0.314 e. The number of ether oxygens (including phenoxy) is 1. The van der Waals surface area contributed by atoms with Crippen molar-refractivity contribution in [2.45, 2.75) is 58.2 Å². The fourth-order valence-corrected chi connectivity index (χ4v) is 7.56. The highest BCUT2D eigenvalue weighted by molar-refractivity contribution is 7.90. The van der Waals surface area contributed by atoms with Gasteiger partial charge in [0.2, 0.25) is 0 Å². The predicted octanol–water partition coefficient (Wildman–Crippen LogP) is 5.29.